The average molecular weight is 412 g/mol. The first-order valence-electron chi connectivity index (χ1n) is 8.78. The van der Waals surface area contributed by atoms with Gasteiger partial charge in [-0.1, -0.05) is 6.07 Å². The molecule has 0 bridgehead atoms. The molecule has 28 heavy (non-hydrogen) atoms. The van der Waals surface area contributed by atoms with Gasteiger partial charge < -0.3 is 14.6 Å². The maximum absolute atomic E-state index is 11.7. The van der Waals surface area contributed by atoms with Gasteiger partial charge in [0.2, 0.25) is 0 Å². The number of carbonyl (C=O) groups is 1. The Kier molecular flexibility index (Phi) is 4.10. The molecule has 5 rings (SSSR count). The van der Waals surface area contributed by atoms with Crippen molar-refractivity contribution in [3.8, 4) is 33.3 Å². The van der Waals surface area contributed by atoms with Crippen molar-refractivity contribution >= 4 is 33.6 Å². The standard InChI is InChI=1S/C20H16N2O4S2/c1-11-19(16-3-2-8-27-16)22-13(10-17(23)24)18(21-20(22)28-11)12-4-5-14-15(9-12)26-7-6-25-14/h2-5,8-9H,6-7,10H2,1H3,(H,23,24). The molecule has 0 saturated carbocycles. The number of thiophene rings is 1. The Labute approximate surface area is 168 Å². The molecule has 1 aromatic carbocycles. The van der Waals surface area contributed by atoms with E-state index < -0.39 is 5.97 Å². The minimum absolute atomic E-state index is 0.112. The third-order valence-electron chi connectivity index (χ3n) is 4.63. The van der Waals surface area contributed by atoms with E-state index in [4.69, 9.17) is 14.5 Å². The molecule has 4 heterocycles. The number of carboxylic acid groups (broad SMARTS) is 1. The third-order valence-corrected chi connectivity index (χ3v) is 6.46. The van der Waals surface area contributed by atoms with Crippen LogP contribution >= 0.6 is 22.7 Å². The lowest BCUT2D eigenvalue weighted by Gasteiger charge is -2.18. The molecule has 0 aliphatic carbocycles. The topological polar surface area (TPSA) is 73.1 Å². The summed E-state index contributed by atoms with van der Waals surface area (Å²) in [6, 6.07) is 9.69. The molecule has 0 saturated heterocycles. The number of rotatable bonds is 4. The average Bonchev–Trinajstić information content (AvgIpc) is 3.38. The number of nitrogens with zero attached hydrogens (tertiary/aromatic N) is 2. The number of imidazole rings is 1. The number of hydrogen-bond acceptors (Lipinski definition) is 6. The second-order valence-electron chi connectivity index (χ2n) is 6.44. The van der Waals surface area contributed by atoms with Crippen molar-refractivity contribution < 1.29 is 19.4 Å². The van der Waals surface area contributed by atoms with Crippen LogP contribution in [-0.4, -0.2) is 33.7 Å². The first-order valence-corrected chi connectivity index (χ1v) is 10.5. The summed E-state index contributed by atoms with van der Waals surface area (Å²) in [4.78, 5) is 19.5. The Morgan fingerprint density at radius 2 is 2.07 bits per heavy atom. The van der Waals surface area contributed by atoms with Crippen LogP contribution < -0.4 is 9.47 Å². The molecule has 1 aliphatic rings. The van der Waals surface area contributed by atoms with Gasteiger partial charge in [-0.05, 0) is 36.6 Å². The number of hydrogen-bond donors (Lipinski definition) is 1. The second-order valence-corrected chi connectivity index (χ2v) is 8.57. The first kappa shape index (κ1) is 17.3. The van der Waals surface area contributed by atoms with E-state index >= 15 is 0 Å². The molecular weight excluding hydrogens is 396 g/mol. The molecule has 3 aromatic heterocycles. The molecule has 0 radical (unpaired) electrons. The summed E-state index contributed by atoms with van der Waals surface area (Å²) in [7, 11) is 0. The number of carboxylic acids is 1. The molecule has 0 atom stereocenters. The van der Waals surface area contributed by atoms with Crippen LogP contribution in [0.5, 0.6) is 11.5 Å². The highest BCUT2D eigenvalue weighted by Gasteiger charge is 2.24. The number of thiazole rings is 1. The van der Waals surface area contributed by atoms with Gasteiger partial charge in [0, 0.05) is 10.4 Å². The Morgan fingerprint density at radius 3 is 2.82 bits per heavy atom. The van der Waals surface area contributed by atoms with Crippen molar-refractivity contribution in [2.75, 3.05) is 13.2 Å². The number of benzene rings is 1. The predicted octanol–water partition coefficient (Wildman–Crippen LogP) is 4.50. The molecule has 0 fully saturated rings. The third kappa shape index (κ3) is 2.76. The van der Waals surface area contributed by atoms with Gasteiger partial charge in [0.25, 0.3) is 0 Å². The fraction of sp³-hybridized carbons (Fsp3) is 0.200. The van der Waals surface area contributed by atoms with E-state index in [1.807, 2.05) is 47.0 Å². The highest BCUT2D eigenvalue weighted by atomic mass is 32.1. The molecule has 0 amide bonds. The lowest BCUT2D eigenvalue weighted by Crippen LogP contribution is -2.15. The van der Waals surface area contributed by atoms with Crippen LogP contribution in [0.15, 0.2) is 35.7 Å². The summed E-state index contributed by atoms with van der Waals surface area (Å²) in [5.74, 6) is 0.476. The van der Waals surface area contributed by atoms with E-state index in [-0.39, 0.29) is 6.42 Å². The molecule has 0 spiro atoms. The fourth-order valence-corrected chi connectivity index (χ4v) is 5.38. The quantitative estimate of drug-likeness (QED) is 0.534. The zero-order chi connectivity index (χ0) is 19.3. The van der Waals surface area contributed by atoms with Gasteiger partial charge in [-0.15, -0.1) is 22.7 Å². The van der Waals surface area contributed by atoms with Crippen molar-refractivity contribution in [3.63, 3.8) is 0 Å². The van der Waals surface area contributed by atoms with Gasteiger partial charge in [-0.2, -0.15) is 0 Å². The molecule has 4 aromatic rings. The summed E-state index contributed by atoms with van der Waals surface area (Å²) in [5.41, 5.74) is 3.18. The number of aromatic nitrogens is 2. The van der Waals surface area contributed by atoms with Gasteiger partial charge in [-0.3, -0.25) is 9.20 Å². The highest BCUT2D eigenvalue weighted by Crippen LogP contribution is 2.40. The van der Waals surface area contributed by atoms with Crippen molar-refractivity contribution in [2.45, 2.75) is 13.3 Å². The van der Waals surface area contributed by atoms with Crippen molar-refractivity contribution in [1.82, 2.24) is 9.38 Å². The van der Waals surface area contributed by atoms with Crippen LogP contribution in [0.2, 0.25) is 0 Å². The number of aliphatic carboxylic acids is 1. The lowest BCUT2D eigenvalue weighted by molar-refractivity contribution is -0.136. The Morgan fingerprint density at radius 1 is 1.25 bits per heavy atom. The van der Waals surface area contributed by atoms with E-state index in [2.05, 4.69) is 0 Å². The van der Waals surface area contributed by atoms with Crippen LogP contribution in [0, 0.1) is 6.92 Å². The summed E-state index contributed by atoms with van der Waals surface area (Å²) in [6.07, 6.45) is -0.112. The van der Waals surface area contributed by atoms with Gasteiger partial charge in [-0.25, -0.2) is 4.98 Å². The second kappa shape index (κ2) is 6.65. The van der Waals surface area contributed by atoms with E-state index in [1.54, 1.807) is 22.7 Å². The molecule has 1 aliphatic heterocycles. The summed E-state index contributed by atoms with van der Waals surface area (Å²) in [5, 5.41) is 11.6. The molecular formula is C20H16N2O4S2. The van der Waals surface area contributed by atoms with Crippen LogP contribution in [0.4, 0.5) is 0 Å². The maximum atomic E-state index is 11.7. The fourth-order valence-electron chi connectivity index (χ4n) is 3.50. The summed E-state index contributed by atoms with van der Waals surface area (Å²) in [6.45, 7) is 3.07. The van der Waals surface area contributed by atoms with Gasteiger partial charge >= 0.3 is 5.97 Å². The first-order chi connectivity index (χ1) is 13.6. The normalized spacial score (nSPS) is 13.2. The van der Waals surface area contributed by atoms with E-state index in [0.717, 1.165) is 26.0 Å². The Balaban J connectivity index is 1.74. The van der Waals surface area contributed by atoms with Crippen LogP contribution in [0.25, 0.3) is 26.8 Å². The zero-order valence-corrected chi connectivity index (χ0v) is 16.6. The van der Waals surface area contributed by atoms with Gasteiger partial charge in [0.1, 0.15) is 13.2 Å². The minimum atomic E-state index is -0.887. The lowest BCUT2D eigenvalue weighted by atomic mass is 10.1. The predicted molar refractivity (Wildman–Crippen MR) is 109 cm³/mol. The van der Waals surface area contributed by atoms with E-state index in [0.29, 0.717) is 36.1 Å². The summed E-state index contributed by atoms with van der Waals surface area (Å²) < 4.78 is 13.3. The van der Waals surface area contributed by atoms with Gasteiger partial charge in [0.05, 0.1) is 28.4 Å². The zero-order valence-electron chi connectivity index (χ0n) is 15.0. The minimum Gasteiger partial charge on any atom is -0.486 e. The number of ether oxygens (including phenoxy) is 2. The number of aryl methyl sites for hydroxylation is 1. The van der Waals surface area contributed by atoms with E-state index in [1.165, 1.54) is 0 Å². The summed E-state index contributed by atoms with van der Waals surface area (Å²) >= 11 is 3.21. The largest absolute Gasteiger partial charge is 0.486 e. The van der Waals surface area contributed by atoms with Crippen LogP contribution in [-0.2, 0) is 11.2 Å². The Bertz CT molecular complexity index is 1190. The SMILES string of the molecule is Cc1sc2nc(-c3ccc4c(c3)OCCO4)c(CC(=O)O)n2c1-c1cccs1. The highest BCUT2D eigenvalue weighted by molar-refractivity contribution is 7.18. The molecule has 8 heteroatoms. The van der Waals surface area contributed by atoms with E-state index in [9.17, 15) is 9.90 Å². The van der Waals surface area contributed by atoms with Crippen molar-refractivity contribution in [1.29, 1.82) is 0 Å². The van der Waals surface area contributed by atoms with Crippen LogP contribution in [0.3, 0.4) is 0 Å². The van der Waals surface area contributed by atoms with Crippen molar-refractivity contribution in [3.05, 3.63) is 46.3 Å². The molecule has 0 unspecified atom stereocenters. The van der Waals surface area contributed by atoms with Crippen LogP contribution in [0.1, 0.15) is 10.6 Å². The monoisotopic (exact) mass is 412 g/mol. The molecule has 1 N–H and O–H groups in total. The molecule has 142 valence electrons. The maximum Gasteiger partial charge on any atom is 0.309 e. The number of fused-ring (bicyclic) bond motifs is 2. The van der Waals surface area contributed by atoms with Crippen molar-refractivity contribution in [2.24, 2.45) is 0 Å². The van der Waals surface area contributed by atoms with Gasteiger partial charge in [0.15, 0.2) is 16.5 Å². The molecule has 6 nitrogen and oxygen atoms in total. The Hall–Kier alpha value is -2.84. The smallest absolute Gasteiger partial charge is 0.309 e.